The molecule has 0 aromatic heterocycles. The van der Waals surface area contributed by atoms with Crippen molar-refractivity contribution in [2.24, 2.45) is 0 Å². The summed E-state index contributed by atoms with van der Waals surface area (Å²) in [6, 6.07) is 24.1. The molecule has 0 spiro atoms. The number of nitrogens with one attached hydrogen (secondary N) is 1. The van der Waals surface area contributed by atoms with Crippen LogP contribution in [-0.2, 0) is 14.8 Å². The number of carbonyl (C=O) groups is 1. The summed E-state index contributed by atoms with van der Waals surface area (Å²) in [5, 5.41) is 2.90. The van der Waals surface area contributed by atoms with Crippen LogP contribution in [0, 0.1) is 0 Å². The fourth-order valence-corrected chi connectivity index (χ4v) is 4.98. The highest BCUT2D eigenvalue weighted by molar-refractivity contribution is 7.99. The van der Waals surface area contributed by atoms with E-state index in [0.29, 0.717) is 17.1 Å². The summed E-state index contributed by atoms with van der Waals surface area (Å²) in [7, 11) is -3.56. The maximum Gasteiger partial charge on any atom is 0.267 e. The van der Waals surface area contributed by atoms with Gasteiger partial charge in [-0.05, 0) is 36.4 Å². The predicted octanol–water partition coefficient (Wildman–Crippen LogP) is 4.00. The molecule has 0 radical (unpaired) electrons. The molecule has 0 aliphatic carbocycles. The van der Waals surface area contributed by atoms with Gasteiger partial charge in [-0.3, -0.25) is 9.10 Å². The summed E-state index contributed by atoms with van der Waals surface area (Å²) in [5.74, 6) is -0.0412. The summed E-state index contributed by atoms with van der Waals surface area (Å²) in [6.45, 7) is -0.0876. The molecule has 154 valence electrons. The number of fused-ring (bicyclic) bond motifs is 1. The third kappa shape index (κ3) is 4.44. The van der Waals surface area contributed by atoms with Crippen LogP contribution < -0.4 is 14.4 Å². The normalized spacial score (nSPS) is 15.8. The summed E-state index contributed by atoms with van der Waals surface area (Å²) >= 11 is 1.53. The van der Waals surface area contributed by atoms with Gasteiger partial charge in [-0.25, -0.2) is 8.42 Å². The molecule has 0 saturated carbocycles. The lowest BCUT2D eigenvalue weighted by Crippen LogP contribution is -2.48. The monoisotopic (exact) mass is 440 g/mol. The van der Waals surface area contributed by atoms with E-state index in [1.807, 2.05) is 54.6 Å². The molecule has 3 aromatic carbocycles. The molecule has 1 aliphatic heterocycles. The molecular formula is C22H20N2O4S2. The van der Waals surface area contributed by atoms with E-state index < -0.39 is 22.0 Å². The van der Waals surface area contributed by atoms with Gasteiger partial charge in [0.1, 0.15) is 5.75 Å². The molecule has 3 aromatic rings. The number of benzene rings is 3. The molecule has 0 fully saturated rings. The predicted molar refractivity (Wildman–Crippen MR) is 119 cm³/mol. The zero-order chi connectivity index (χ0) is 21.1. The molecule has 6 nitrogen and oxygen atoms in total. The SMILES string of the molecule is CS(=O)(=O)N1C[C@@H](C(=O)Nc2ccccc2Sc2ccccc2)Oc2ccccc21. The average Bonchev–Trinajstić information content (AvgIpc) is 2.74. The molecular weight excluding hydrogens is 420 g/mol. The third-order valence-electron chi connectivity index (χ3n) is 4.54. The van der Waals surface area contributed by atoms with Gasteiger partial charge in [-0.1, -0.05) is 54.2 Å². The topological polar surface area (TPSA) is 75.7 Å². The first-order chi connectivity index (χ1) is 14.4. The van der Waals surface area contributed by atoms with Gasteiger partial charge in [-0.15, -0.1) is 0 Å². The molecule has 0 unspecified atom stereocenters. The van der Waals surface area contributed by atoms with Crippen LogP contribution in [0.15, 0.2) is 88.7 Å². The number of para-hydroxylation sites is 3. The van der Waals surface area contributed by atoms with E-state index in [4.69, 9.17) is 4.74 Å². The van der Waals surface area contributed by atoms with Crippen LogP contribution in [0.25, 0.3) is 0 Å². The average molecular weight is 441 g/mol. The highest BCUT2D eigenvalue weighted by Crippen LogP contribution is 2.36. The first-order valence-corrected chi connectivity index (χ1v) is 11.9. The molecule has 1 N–H and O–H groups in total. The lowest BCUT2D eigenvalue weighted by Gasteiger charge is -2.33. The van der Waals surface area contributed by atoms with Gasteiger partial charge >= 0.3 is 0 Å². The Morgan fingerprint density at radius 2 is 1.67 bits per heavy atom. The standard InChI is InChI=1S/C22H20N2O4S2/c1-30(26,27)24-15-20(28-19-13-7-6-12-18(19)24)22(25)23-17-11-5-8-14-21(17)29-16-9-3-2-4-10-16/h2-14,20H,15H2,1H3,(H,23,25)/t20-/m0/s1. The summed E-state index contributed by atoms with van der Waals surface area (Å²) in [5.41, 5.74) is 1.08. The Hall–Kier alpha value is -2.97. The van der Waals surface area contributed by atoms with Gasteiger partial charge in [-0.2, -0.15) is 0 Å². The molecule has 30 heavy (non-hydrogen) atoms. The highest BCUT2D eigenvalue weighted by atomic mass is 32.2. The number of anilines is 2. The van der Waals surface area contributed by atoms with Crippen molar-refractivity contribution in [3.63, 3.8) is 0 Å². The molecule has 1 aliphatic rings. The zero-order valence-electron chi connectivity index (χ0n) is 16.2. The van der Waals surface area contributed by atoms with E-state index in [-0.39, 0.29) is 6.54 Å². The Kier molecular flexibility index (Phi) is 5.69. The lowest BCUT2D eigenvalue weighted by atomic mass is 10.2. The Labute approximate surface area is 179 Å². The van der Waals surface area contributed by atoms with Crippen molar-refractivity contribution in [1.29, 1.82) is 0 Å². The second-order valence-electron chi connectivity index (χ2n) is 6.77. The zero-order valence-corrected chi connectivity index (χ0v) is 17.8. The van der Waals surface area contributed by atoms with Crippen LogP contribution >= 0.6 is 11.8 Å². The Morgan fingerprint density at radius 1 is 1.00 bits per heavy atom. The molecule has 1 heterocycles. The van der Waals surface area contributed by atoms with Crippen molar-refractivity contribution in [1.82, 2.24) is 0 Å². The Balaban J connectivity index is 1.57. The minimum Gasteiger partial charge on any atom is -0.476 e. The fraction of sp³-hybridized carbons (Fsp3) is 0.136. The van der Waals surface area contributed by atoms with E-state index in [2.05, 4.69) is 5.32 Å². The van der Waals surface area contributed by atoms with Crippen LogP contribution in [0.5, 0.6) is 5.75 Å². The van der Waals surface area contributed by atoms with E-state index in [0.717, 1.165) is 16.0 Å². The minimum atomic E-state index is -3.56. The summed E-state index contributed by atoms with van der Waals surface area (Å²) in [6.07, 6.45) is 0.153. The van der Waals surface area contributed by atoms with Crippen molar-refractivity contribution >= 4 is 39.1 Å². The molecule has 8 heteroatoms. The maximum absolute atomic E-state index is 13.0. The molecule has 0 bridgehead atoms. The number of nitrogens with zero attached hydrogens (tertiary/aromatic N) is 1. The van der Waals surface area contributed by atoms with E-state index >= 15 is 0 Å². The van der Waals surface area contributed by atoms with Crippen molar-refractivity contribution in [3.05, 3.63) is 78.9 Å². The van der Waals surface area contributed by atoms with Gasteiger partial charge < -0.3 is 10.1 Å². The Bertz CT molecular complexity index is 1170. The highest BCUT2D eigenvalue weighted by Gasteiger charge is 2.35. The van der Waals surface area contributed by atoms with E-state index in [1.54, 1.807) is 24.3 Å². The van der Waals surface area contributed by atoms with Crippen LogP contribution in [0.4, 0.5) is 11.4 Å². The van der Waals surface area contributed by atoms with Crippen molar-refractivity contribution in [3.8, 4) is 5.75 Å². The molecule has 4 rings (SSSR count). The number of ether oxygens (including phenoxy) is 1. The number of amides is 1. The lowest BCUT2D eigenvalue weighted by molar-refractivity contribution is -0.122. The van der Waals surface area contributed by atoms with E-state index in [9.17, 15) is 13.2 Å². The quantitative estimate of drug-likeness (QED) is 0.649. The second kappa shape index (κ2) is 8.41. The minimum absolute atomic E-state index is 0.0876. The van der Waals surface area contributed by atoms with Gasteiger partial charge in [0.15, 0.2) is 6.10 Å². The van der Waals surface area contributed by atoms with Gasteiger partial charge in [0.25, 0.3) is 5.91 Å². The molecule has 1 atom stereocenters. The largest absolute Gasteiger partial charge is 0.476 e. The molecule has 0 saturated heterocycles. The second-order valence-corrected chi connectivity index (χ2v) is 9.79. The van der Waals surface area contributed by atoms with Gasteiger partial charge in [0.2, 0.25) is 10.0 Å². The third-order valence-corrected chi connectivity index (χ3v) is 6.77. The van der Waals surface area contributed by atoms with Gasteiger partial charge in [0.05, 0.1) is 24.2 Å². The number of hydrogen-bond donors (Lipinski definition) is 1. The molecule has 1 amide bonds. The number of hydrogen-bond acceptors (Lipinski definition) is 5. The Morgan fingerprint density at radius 3 is 2.43 bits per heavy atom. The van der Waals surface area contributed by atoms with Crippen molar-refractivity contribution in [2.45, 2.75) is 15.9 Å². The van der Waals surface area contributed by atoms with Crippen molar-refractivity contribution < 1.29 is 17.9 Å². The number of carbonyl (C=O) groups excluding carboxylic acids is 1. The summed E-state index contributed by atoms with van der Waals surface area (Å²) in [4.78, 5) is 14.9. The van der Waals surface area contributed by atoms with Crippen molar-refractivity contribution in [2.75, 3.05) is 22.4 Å². The summed E-state index contributed by atoms with van der Waals surface area (Å²) < 4.78 is 31.6. The van der Waals surface area contributed by atoms with Crippen LogP contribution in [0.2, 0.25) is 0 Å². The van der Waals surface area contributed by atoms with E-state index in [1.165, 1.54) is 16.1 Å². The van der Waals surface area contributed by atoms with Crippen LogP contribution in [0.1, 0.15) is 0 Å². The van der Waals surface area contributed by atoms with Crippen LogP contribution in [0.3, 0.4) is 0 Å². The fourth-order valence-electron chi connectivity index (χ4n) is 3.14. The number of sulfonamides is 1. The maximum atomic E-state index is 13.0. The van der Waals surface area contributed by atoms with Crippen LogP contribution in [-0.4, -0.2) is 33.2 Å². The smallest absolute Gasteiger partial charge is 0.267 e. The first-order valence-electron chi connectivity index (χ1n) is 9.28. The first kappa shape index (κ1) is 20.3. The van der Waals surface area contributed by atoms with Gasteiger partial charge in [0, 0.05) is 9.79 Å². The number of rotatable bonds is 5.